The molecule has 2 atom stereocenters. The van der Waals surface area contributed by atoms with Gasteiger partial charge in [-0.25, -0.2) is 4.57 Å². The van der Waals surface area contributed by atoms with Gasteiger partial charge in [-0.1, -0.05) is 347 Å². The first-order chi connectivity index (χ1) is 46.0. The highest BCUT2D eigenvalue weighted by Crippen LogP contribution is 2.43. The lowest BCUT2D eigenvalue weighted by Gasteiger charge is -2.24. The Kier molecular flexibility index (Phi) is 70.8. The largest absolute Gasteiger partial charge is 0.472 e. The van der Waals surface area contributed by atoms with Crippen LogP contribution in [0.1, 0.15) is 348 Å². The van der Waals surface area contributed by atoms with E-state index in [0.29, 0.717) is 17.4 Å². The van der Waals surface area contributed by atoms with Crippen LogP contribution in [0.4, 0.5) is 0 Å². The molecule has 542 valence electrons. The van der Waals surface area contributed by atoms with Crippen LogP contribution in [0.25, 0.3) is 0 Å². The number of quaternary nitrogens is 1. The van der Waals surface area contributed by atoms with Crippen molar-refractivity contribution >= 4 is 19.8 Å². The van der Waals surface area contributed by atoms with E-state index in [2.05, 4.69) is 135 Å². The minimum atomic E-state index is -4.40. The molecule has 0 fully saturated rings. The summed E-state index contributed by atoms with van der Waals surface area (Å²) in [7, 11) is 1.48. The number of rotatable bonds is 72. The predicted molar refractivity (Wildman–Crippen MR) is 408 cm³/mol. The van der Waals surface area contributed by atoms with Gasteiger partial charge in [-0.3, -0.25) is 18.6 Å². The van der Waals surface area contributed by atoms with E-state index in [1.54, 1.807) is 0 Å². The van der Waals surface area contributed by atoms with Crippen LogP contribution in [-0.4, -0.2) is 74.9 Å². The number of likely N-dealkylation sites (N-methyl/N-ethyl adjacent to an activating group) is 1. The fraction of sp³-hybridized carbons (Fsp3) is 0.738. The van der Waals surface area contributed by atoms with Crippen molar-refractivity contribution < 1.29 is 42.1 Å². The third-order valence-corrected chi connectivity index (χ3v) is 18.0. The quantitative estimate of drug-likeness (QED) is 0.0211. The monoisotopic (exact) mass is 1330 g/mol. The Bertz CT molecular complexity index is 2010. The fourth-order valence-electron chi connectivity index (χ4n) is 11.0. The van der Waals surface area contributed by atoms with E-state index < -0.39 is 26.5 Å². The summed E-state index contributed by atoms with van der Waals surface area (Å²) in [5.74, 6) is -0.792. The smallest absolute Gasteiger partial charge is 0.462 e. The number of carbonyl (C=O) groups excluding carboxylic acids is 2. The second-order valence-corrected chi connectivity index (χ2v) is 28.8. The summed E-state index contributed by atoms with van der Waals surface area (Å²) in [5, 5.41) is 0. The number of esters is 2. The van der Waals surface area contributed by atoms with Crippen molar-refractivity contribution in [1.82, 2.24) is 0 Å². The molecule has 0 bridgehead atoms. The van der Waals surface area contributed by atoms with Crippen molar-refractivity contribution in [1.29, 1.82) is 0 Å². The number of hydrogen-bond acceptors (Lipinski definition) is 7. The molecule has 10 heteroatoms. The molecule has 94 heavy (non-hydrogen) atoms. The van der Waals surface area contributed by atoms with E-state index in [4.69, 9.17) is 18.5 Å². The maximum atomic E-state index is 12.9. The summed E-state index contributed by atoms with van der Waals surface area (Å²) >= 11 is 0. The van der Waals surface area contributed by atoms with Crippen LogP contribution in [0.15, 0.2) is 122 Å². The van der Waals surface area contributed by atoms with Gasteiger partial charge in [0.2, 0.25) is 0 Å². The molecule has 0 saturated heterocycles. The van der Waals surface area contributed by atoms with Gasteiger partial charge in [0.15, 0.2) is 6.10 Å². The molecule has 0 spiro atoms. The van der Waals surface area contributed by atoms with Crippen molar-refractivity contribution in [2.24, 2.45) is 0 Å². The summed E-state index contributed by atoms with van der Waals surface area (Å²) in [6.07, 6.45) is 106. The van der Waals surface area contributed by atoms with Crippen LogP contribution in [-0.2, 0) is 32.7 Å². The van der Waals surface area contributed by atoms with Crippen LogP contribution >= 0.6 is 7.82 Å². The number of carbonyl (C=O) groups is 2. The average molecular weight is 1330 g/mol. The Morgan fingerprint density at radius 2 is 0.606 bits per heavy atom. The van der Waals surface area contributed by atoms with E-state index >= 15 is 0 Å². The van der Waals surface area contributed by atoms with E-state index in [1.807, 2.05) is 21.1 Å². The normalized spacial score (nSPS) is 13.7. The van der Waals surface area contributed by atoms with E-state index in [1.165, 1.54) is 212 Å². The van der Waals surface area contributed by atoms with Crippen LogP contribution in [0.3, 0.4) is 0 Å². The lowest BCUT2D eigenvalue weighted by atomic mass is 10.0. The molecular formula is C84H149NO8P+. The SMILES string of the molecule is CC/C=C\C/C=C\C/C=C\C/C=C\C/C=C\C/C=C\C/C=C\CCCCCCCCCCCCCC(=O)OC(COC(=O)CCCCCCCCCCCCCCCCCCCCCCCC/C=C\C/C=C\C/C=C\CCCCCCC)COP(=O)(O)OCC[N+](C)(C)C. The van der Waals surface area contributed by atoms with Gasteiger partial charge < -0.3 is 18.9 Å². The zero-order valence-corrected chi connectivity index (χ0v) is 62.8. The standard InChI is InChI=1S/C84H148NO8P/c1-6-8-10-12-14-16-18-20-22-24-26-28-30-32-34-36-38-40-41-42-43-45-46-48-50-52-54-56-58-60-62-64-66-68-70-72-74-76-83(86)90-80-82(81-92-94(88,89)91-79-78-85(3,4)5)93-84(87)77-75-73-71-69-67-65-63-61-59-57-55-53-51-49-47-44-39-37-35-33-31-29-27-25-23-21-19-17-15-13-11-9-7-2/h9,11,15,17-18,20-21,23-24,26-27,29-30,32-33,35,39,44,49,51,82H,6-8,10,12-14,16,19,22,25,28,31,34,36-38,40-43,45-48,50,52-81H2,1-5H3/p+1/b11-9-,17-15-,20-18-,23-21-,26-24-,29-27-,32-30-,35-33-,44-39-,51-49-. The van der Waals surface area contributed by atoms with Crippen LogP contribution in [0, 0.1) is 0 Å². The van der Waals surface area contributed by atoms with E-state index in [-0.39, 0.29) is 32.0 Å². The highest BCUT2D eigenvalue weighted by molar-refractivity contribution is 7.47. The lowest BCUT2D eigenvalue weighted by Crippen LogP contribution is -2.37. The molecule has 0 aromatic carbocycles. The molecule has 0 saturated carbocycles. The topological polar surface area (TPSA) is 108 Å². The summed E-state index contributed by atoms with van der Waals surface area (Å²) in [6.45, 7) is 4.34. The Morgan fingerprint density at radius 3 is 0.904 bits per heavy atom. The molecule has 0 aliphatic heterocycles. The van der Waals surface area contributed by atoms with Crippen molar-refractivity contribution in [2.75, 3.05) is 47.5 Å². The van der Waals surface area contributed by atoms with E-state index in [0.717, 1.165) is 103 Å². The molecule has 0 aromatic rings. The average Bonchev–Trinajstić information content (AvgIpc) is 1.56. The van der Waals surface area contributed by atoms with Gasteiger partial charge in [-0.15, -0.1) is 0 Å². The number of allylic oxidation sites excluding steroid dienone is 20. The number of hydrogen-bond donors (Lipinski definition) is 1. The second kappa shape index (κ2) is 73.7. The van der Waals surface area contributed by atoms with Gasteiger partial charge in [0.1, 0.15) is 19.8 Å². The van der Waals surface area contributed by atoms with Gasteiger partial charge >= 0.3 is 19.8 Å². The van der Waals surface area contributed by atoms with Gasteiger partial charge in [0.25, 0.3) is 0 Å². The first-order valence-corrected chi connectivity index (χ1v) is 40.8. The summed E-state index contributed by atoms with van der Waals surface area (Å²) in [6, 6.07) is 0. The number of nitrogens with zero attached hydrogens (tertiary/aromatic N) is 1. The Balaban J connectivity index is 3.99. The molecule has 0 aromatic heterocycles. The van der Waals surface area contributed by atoms with Gasteiger partial charge in [-0.05, 0) is 109 Å². The van der Waals surface area contributed by atoms with Gasteiger partial charge in [0, 0.05) is 12.8 Å². The van der Waals surface area contributed by atoms with Crippen LogP contribution in [0.2, 0.25) is 0 Å². The molecule has 2 unspecified atom stereocenters. The maximum Gasteiger partial charge on any atom is 0.472 e. The summed E-state index contributed by atoms with van der Waals surface area (Å²) in [5.41, 5.74) is 0. The number of ether oxygens (including phenoxy) is 2. The van der Waals surface area contributed by atoms with Crippen molar-refractivity contribution in [3.63, 3.8) is 0 Å². The number of phosphoric acid groups is 1. The first-order valence-electron chi connectivity index (χ1n) is 39.3. The molecular weight excluding hydrogens is 1180 g/mol. The molecule has 0 aliphatic rings. The zero-order valence-electron chi connectivity index (χ0n) is 61.9. The second-order valence-electron chi connectivity index (χ2n) is 27.4. The molecule has 0 aliphatic carbocycles. The Morgan fingerprint density at radius 1 is 0.340 bits per heavy atom. The molecule has 0 rings (SSSR count). The fourth-order valence-corrected chi connectivity index (χ4v) is 11.7. The third-order valence-electron chi connectivity index (χ3n) is 17.0. The zero-order chi connectivity index (χ0) is 68.3. The highest BCUT2D eigenvalue weighted by atomic mass is 31.2. The first kappa shape index (κ1) is 90.4. The molecule has 1 N–H and O–H groups in total. The molecule has 9 nitrogen and oxygen atoms in total. The summed E-state index contributed by atoms with van der Waals surface area (Å²) < 4.78 is 34.8. The van der Waals surface area contributed by atoms with Gasteiger partial charge in [-0.2, -0.15) is 0 Å². The highest BCUT2D eigenvalue weighted by Gasteiger charge is 2.27. The maximum absolute atomic E-state index is 12.9. The molecule has 0 radical (unpaired) electrons. The van der Waals surface area contributed by atoms with Crippen molar-refractivity contribution in [3.8, 4) is 0 Å². The minimum absolute atomic E-state index is 0.0278. The van der Waals surface area contributed by atoms with Gasteiger partial charge in [0.05, 0.1) is 27.7 Å². The van der Waals surface area contributed by atoms with Crippen molar-refractivity contribution in [3.05, 3.63) is 122 Å². The number of unbranched alkanes of at least 4 members (excludes halogenated alkanes) is 38. The molecule has 0 heterocycles. The Labute approximate surface area is 581 Å². The Hall–Kier alpha value is -3.59. The summed E-state index contributed by atoms with van der Waals surface area (Å²) in [4.78, 5) is 36.0. The van der Waals surface area contributed by atoms with E-state index in [9.17, 15) is 19.0 Å². The molecule has 0 amide bonds. The number of phosphoric ester groups is 1. The van der Waals surface area contributed by atoms with Crippen LogP contribution in [0.5, 0.6) is 0 Å². The third kappa shape index (κ3) is 77.4. The predicted octanol–water partition coefficient (Wildman–Crippen LogP) is 26.2. The van der Waals surface area contributed by atoms with Crippen LogP contribution < -0.4 is 0 Å². The lowest BCUT2D eigenvalue weighted by molar-refractivity contribution is -0.870. The van der Waals surface area contributed by atoms with Crippen molar-refractivity contribution in [2.45, 2.75) is 354 Å². The minimum Gasteiger partial charge on any atom is -0.462 e.